The van der Waals surface area contributed by atoms with Crippen LogP contribution in [0, 0.1) is 6.92 Å². The molecule has 1 aliphatic carbocycles. The van der Waals surface area contributed by atoms with Gasteiger partial charge in [0.25, 0.3) is 0 Å². The summed E-state index contributed by atoms with van der Waals surface area (Å²) in [5, 5.41) is 13.6. The zero-order valence-corrected chi connectivity index (χ0v) is 10.9. The van der Waals surface area contributed by atoms with Crippen LogP contribution in [-0.4, -0.2) is 24.9 Å². The Balaban J connectivity index is 2.32. The van der Waals surface area contributed by atoms with Gasteiger partial charge in [-0.2, -0.15) is 0 Å². The lowest BCUT2D eigenvalue weighted by Crippen LogP contribution is -2.26. The fourth-order valence-corrected chi connectivity index (χ4v) is 2.35. The molecule has 1 saturated carbocycles. The Morgan fingerprint density at radius 1 is 1.53 bits per heavy atom. The number of hydrogen-bond acceptors (Lipinski definition) is 3. The monoisotopic (exact) mass is 255 g/mol. The second kappa shape index (κ2) is 5.25. The SMILES string of the molecule is COc1c(C)cc(Cl)cc1C(CO)NC1CC1. The summed E-state index contributed by atoms with van der Waals surface area (Å²) in [6, 6.07) is 4.16. The smallest absolute Gasteiger partial charge is 0.126 e. The van der Waals surface area contributed by atoms with Crippen LogP contribution in [0.15, 0.2) is 12.1 Å². The summed E-state index contributed by atoms with van der Waals surface area (Å²) < 4.78 is 5.41. The van der Waals surface area contributed by atoms with Crippen molar-refractivity contribution in [1.29, 1.82) is 0 Å². The maximum atomic E-state index is 9.50. The summed E-state index contributed by atoms with van der Waals surface area (Å²) in [4.78, 5) is 0. The first-order chi connectivity index (χ1) is 8.15. The Kier molecular flexibility index (Phi) is 3.92. The summed E-state index contributed by atoms with van der Waals surface area (Å²) in [5.41, 5.74) is 1.93. The molecule has 1 aromatic rings. The Morgan fingerprint density at radius 2 is 2.24 bits per heavy atom. The minimum Gasteiger partial charge on any atom is -0.496 e. The molecular formula is C13H18ClNO2. The number of aliphatic hydroxyl groups excluding tert-OH is 1. The third-order valence-electron chi connectivity index (χ3n) is 3.04. The molecule has 3 nitrogen and oxygen atoms in total. The average molecular weight is 256 g/mol. The zero-order valence-electron chi connectivity index (χ0n) is 10.2. The van der Waals surface area contributed by atoms with Gasteiger partial charge >= 0.3 is 0 Å². The Bertz CT molecular complexity index is 405. The highest BCUT2D eigenvalue weighted by Gasteiger charge is 2.27. The largest absolute Gasteiger partial charge is 0.496 e. The second-order valence-electron chi connectivity index (χ2n) is 4.52. The van der Waals surface area contributed by atoms with E-state index in [0.29, 0.717) is 11.1 Å². The standard InChI is InChI=1S/C13H18ClNO2/c1-8-5-9(14)6-11(13(8)17-2)12(7-16)15-10-3-4-10/h5-6,10,12,15-16H,3-4,7H2,1-2H3. The van der Waals surface area contributed by atoms with Crippen molar-refractivity contribution in [3.05, 3.63) is 28.3 Å². The first-order valence-electron chi connectivity index (χ1n) is 5.86. The maximum absolute atomic E-state index is 9.50. The van der Waals surface area contributed by atoms with Crippen molar-refractivity contribution in [2.24, 2.45) is 0 Å². The van der Waals surface area contributed by atoms with Crippen LogP contribution < -0.4 is 10.1 Å². The van der Waals surface area contributed by atoms with E-state index >= 15 is 0 Å². The quantitative estimate of drug-likeness (QED) is 0.849. The molecule has 1 atom stereocenters. The summed E-state index contributed by atoms with van der Waals surface area (Å²) in [6.07, 6.45) is 2.36. The van der Waals surface area contributed by atoms with Crippen molar-refractivity contribution in [2.45, 2.75) is 31.8 Å². The Morgan fingerprint density at radius 3 is 2.76 bits per heavy atom. The fourth-order valence-electron chi connectivity index (χ4n) is 2.07. The van der Waals surface area contributed by atoms with Gasteiger partial charge in [0.15, 0.2) is 0 Å². The van der Waals surface area contributed by atoms with Gasteiger partial charge in [-0.25, -0.2) is 0 Å². The maximum Gasteiger partial charge on any atom is 0.126 e. The van der Waals surface area contributed by atoms with Crippen LogP contribution in [0.5, 0.6) is 5.75 Å². The van der Waals surface area contributed by atoms with Crippen molar-refractivity contribution >= 4 is 11.6 Å². The highest BCUT2D eigenvalue weighted by Crippen LogP contribution is 2.33. The van der Waals surface area contributed by atoms with Gasteiger partial charge < -0.3 is 15.2 Å². The number of methoxy groups -OCH3 is 1. The zero-order chi connectivity index (χ0) is 12.4. The molecule has 0 bridgehead atoms. The van der Waals surface area contributed by atoms with Crippen molar-refractivity contribution < 1.29 is 9.84 Å². The van der Waals surface area contributed by atoms with E-state index in [9.17, 15) is 5.11 Å². The van der Waals surface area contributed by atoms with Crippen LogP contribution in [0.1, 0.15) is 30.0 Å². The number of halogens is 1. The number of aliphatic hydroxyl groups is 1. The molecule has 0 heterocycles. The molecule has 4 heteroatoms. The molecule has 0 aromatic heterocycles. The molecule has 0 amide bonds. The van der Waals surface area contributed by atoms with Crippen molar-refractivity contribution in [1.82, 2.24) is 5.32 Å². The number of benzene rings is 1. The van der Waals surface area contributed by atoms with E-state index in [1.807, 2.05) is 19.1 Å². The number of hydrogen-bond donors (Lipinski definition) is 2. The molecule has 17 heavy (non-hydrogen) atoms. The molecule has 2 rings (SSSR count). The lowest BCUT2D eigenvalue weighted by atomic mass is 10.0. The lowest BCUT2D eigenvalue weighted by Gasteiger charge is -2.20. The van der Waals surface area contributed by atoms with Gasteiger partial charge in [0.05, 0.1) is 19.8 Å². The number of nitrogens with one attached hydrogen (secondary N) is 1. The molecule has 0 spiro atoms. The molecule has 1 aliphatic rings. The molecule has 1 unspecified atom stereocenters. The highest BCUT2D eigenvalue weighted by atomic mass is 35.5. The third-order valence-corrected chi connectivity index (χ3v) is 3.26. The van der Waals surface area contributed by atoms with E-state index in [1.54, 1.807) is 7.11 Å². The van der Waals surface area contributed by atoms with Gasteiger partial charge in [-0.1, -0.05) is 11.6 Å². The summed E-state index contributed by atoms with van der Waals surface area (Å²) in [5.74, 6) is 0.807. The minimum absolute atomic E-state index is 0.0483. The van der Waals surface area contributed by atoms with Crippen molar-refractivity contribution in [3.8, 4) is 5.75 Å². The normalized spacial score (nSPS) is 16.9. The van der Waals surface area contributed by atoms with Gasteiger partial charge in [-0.05, 0) is 37.5 Å². The highest BCUT2D eigenvalue weighted by molar-refractivity contribution is 6.30. The summed E-state index contributed by atoms with van der Waals surface area (Å²) in [6.45, 7) is 2.01. The average Bonchev–Trinajstić information content (AvgIpc) is 3.08. The fraction of sp³-hybridized carbons (Fsp3) is 0.538. The summed E-state index contributed by atoms with van der Waals surface area (Å²) in [7, 11) is 1.64. The van der Waals surface area contributed by atoms with Crippen LogP contribution >= 0.6 is 11.6 Å². The van der Waals surface area contributed by atoms with Crippen LogP contribution in [0.25, 0.3) is 0 Å². The van der Waals surface area contributed by atoms with E-state index in [0.717, 1.165) is 16.9 Å². The molecule has 0 aliphatic heterocycles. The van der Waals surface area contributed by atoms with E-state index in [2.05, 4.69) is 5.32 Å². The predicted octanol–water partition coefficient (Wildman–Crippen LogP) is 2.44. The first kappa shape index (κ1) is 12.7. The van der Waals surface area contributed by atoms with Gasteiger partial charge in [0.1, 0.15) is 5.75 Å². The topological polar surface area (TPSA) is 41.5 Å². The molecule has 0 radical (unpaired) electrons. The molecule has 0 saturated heterocycles. The van der Waals surface area contributed by atoms with Crippen LogP contribution in [0.2, 0.25) is 5.02 Å². The van der Waals surface area contributed by atoms with Crippen LogP contribution in [0.4, 0.5) is 0 Å². The number of ether oxygens (including phenoxy) is 1. The second-order valence-corrected chi connectivity index (χ2v) is 4.96. The van der Waals surface area contributed by atoms with E-state index < -0.39 is 0 Å². The first-order valence-corrected chi connectivity index (χ1v) is 6.24. The van der Waals surface area contributed by atoms with Crippen molar-refractivity contribution in [3.63, 3.8) is 0 Å². The summed E-state index contributed by atoms with van der Waals surface area (Å²) >= 11 is 6.07. The van der Waals surface area contributed by atoms with Crippen LogP contribution in [-0.2, 0) is 0 Å². The van der Waals surface area contributed by atoms with E-state index in [-0.39, 0.29) is 12.6 Å². The van der Waals surface area contributed by atoms with Gasteiger partial charge in [-0.15, -0.1) is 0 Å². The van der Waals surface area contributed by atoms with Gasteiger partial charge in [0, 0.05) is 16.6 Å². The van der Waals surface area contributed by atoms with Gasteiger partial charge in [0.2, 0.25) is 0 Å². The number of rotatable bonds is 5. The van der Waals surface area contributed by atoms with E-state index in [1.165, 1.54) is 12.8 Å². The van der Waals surface area contributed by atoms with Gasteiger partial charge in [-0.3, -0.25) is 0 Å². The lowest BCUT2D eigenvalue weighted by molar-refractivity contribution is 0.240. The number of aryl methyl sites for hydroxylation is 1. The molecule has 2 N–H and O–H groups in total. The molecular weight excluding hydrogens is 238 g/mol. The molecule has 94 valence electrons. The Hall–Kier alpha value is -0.770. The van der Waals surface area contributed by atoms with Crippen LogP contribution in [0.3, 0.4) is 0 Å². The molecule has 1 fully saturated rings. The Labute approximate surface area is 107 Å². The predicted molar refractivity (Wildman–Crippen MR) is 68.7 cm³/mol. The third kappa shape index (κ3) is 2.92. The minimum atomic E-state index is -0.102. The van der Waals surface area contributed by atoms with E-state index in [4.69, 9.17) is 16.3 Å². The van der Waals surface area contributed by atoms with Crippen molar-refractivity contribution in [2.75, 3.05) is 13.7 Å². The molecule has 1 aromatic carbocycles.